The van der Waals surface area contributed by atoms with Crippen molar-refractivity contribution in [3.8, 4) is 5.69 Å². The minimum absolute atomic E-state index is 0.0664. The number of nitrogens with one attached hydrogen (secondary N) is 1. The first-order valence-electron chi connectivity index (χ1n) is 8.11. The molecule has 0 saturated carbocycles. The molecule has 0 fully saturated rings. The molecule has 6 nitrogen and oxygen atoms in total. The van der Waals surface area contributed by atoms with Gasteiger partial charge in [0.1, 0.15) is 5.82 Å². The van der Waals surface area contributed by atoms with Crippen LogP contribution in [0.3, 0.4) is 0 Å². The van der Waals surface area contributed by atoms with Crippen LogP contribution in [0.2, 0.25) is 5.02 Å². The Kier molecular flexibility index (Phi) is 4.63. The maximum absolute atomic E-state index is 12.2. The van der Waals surface area contributed by atoms with E-state index in [9.17, 15) is 9.59 Å². The minimum atomic E-state index is -0.992. The lowest BCUT2D eigenvalue weighted by Crippen LogP contribution is -2.15. The Balaban J connectivity index is 1.78. The fourth-order valence-electron chi connectivity index (χ4n) is 2.95. The van der Waals surface area contributed by atoms with Gasteiger partial charge in [-0.2, -0.15) is 5.10 Å². The highest BCUT2D eigenvalue weighted by Gasteiger charge is 2.28. The van der Waals surface area contributed by atoms with Gasteiger partial charge in [0.05, 0.1) is 28.5 Å². The molecule has 0 spiro atoms. The van der Waals surface area contributed by atoms with E-state index in [-0.39, 0.29) is 16.7 Å². The molecule has 1 atom stereocenters. The van der Waals surface area contributed by atoms with Crippen molar-refractivity contribution in [3.63, 3.8) is 0 Å². The van der Waals surface area contributed by atoms with Gasteiger partial charge in [0, 0.05) is 10.6 Å². The number of thioether (sulfide) groups is 1. The lowest BCUT2D eigenvalue weighted by molar-refractivity contribution is -0.113. The van der Waals surface area contributed by atoms with Gasteiger partial charge in [0.2, 0.25) is 5.91 Å². The lowest BCUT2D eigenvalue weighted by atomic mass is 10.1. The summed E-state index contributed by atoms with van der Waals surface area (Å²) in [6.45, 7) is 0. The van der Waals surface area contributed by atoms with Crippen LogP contribution in [0, 0.1) is 0 Å². The quantitative estimate of drug-likeness (QED) is 0.695. The topological polar surface area (TPSA) is 84.2 Å². The van der Waals surface area contributed by atoms with Crippen molar-refractivity contribution in [2.45, 2.75) is 5.25 Å². The second kappa shape index (κ2) is 7.09. The summed E-state index contributed by atoms with van der Waals surface area (Å²) in [7, 11) is 0. The summed E-state index contributed by atoms with van der Waals surface area (Å²) in [6.07, 6.45) is 1.73. The number of carbonyl (C=O) groups excluding carboxylic acids is 1. The molecular weight excluding hydrogens is 386 g/mol. The Morgan fingerprint density at radius 3 is 2.56 bits per heavy atom. The van der Waals surface area contributed by atoms with Crippen LogP contribution in [0.4, 0.5) is 5.82 Å². The maximum atomic E-state index is 12.2. The van der Waals surface area contributed by atoms with Crippen LogP contribution in [0.15, 0.2) is 54.7 Å². The molecular formula is C19H14ClN3O3S. The van der Waals surface area contributed by atoms with Crippen LogP contribution in [0.5, 0.6) is 0 Å². The number of carbonyl (C=O) groups is 2. The van der Waals surface area contributed by atoms with Crippen LogP contribution in [0.1, 0.15) is 26.7 Å². The van der Waals surface area contributed by atoms with Crippen LogP contribution in [-0.4, -0.2) is 32.5 Å². The van der Waals surface area contributed by atoms with Crippen molar-refractivity contribution in [1.29, 1.82) is 0 Å². The zero-order chi connectivity index (χ0) is 19.0. The zero-order valence-electron chi connectivity index (χ0n) is 13.9. The van der Waals surface area contributed by atoms with Gasteiger partial charge in [-0.15, -0.1) is 11.8 Å². The van der Waals surface area contributed by atoms with Crippen LogP contribution >= 0.6 is 23.4 Å². The second-order valence-electron chi connectivity index (χ2n) is 6.00. The van der Waals surface area contributed by atoms with E-state index >= 15 is 0 Å². The van der Waals surface area contributed by atoms with E-state index in [4.69, 9.17) is 16.7 Å². The summed E-state index contributed by atoms with van der Waals surface area (Å²) < 4.78 is 1.62. The lowest BCUT2D eigenvalue weighted by Gasteiger charge is -2.14. The number of aromatic nitrogens is 2. The third kappa shape index (κ3) is 3.43. The van der Waals surface area contributed by atoms with E-state index in [1.54, 1.807) is 23.0 Å². The number of hydrogen-bond donors (Lipinski definition) is 2. The first-order valence-corrected chi connectivity index (χ1v) is 9.54. The first-order chi connectivity index (χ1) is 13.0. The Labute approximate surface area is 164 Å². The third-order valence-electron chi connectivity index (χ3n) is 4.25. The fourth-order valence-corrected chi connectivity index (χ4v) is 4.17. The number of rotatable bonds is 3. The number of carboxylic acid groups (broad SMARTS) is 1. The highest BCUT2D eigenvalue weighted by Crippen LogP contribution is 2.42. The molecule has 4 rings (SSSR count). The molecule has 0 bridgehead atoms. The normalized spacial score (nSPS) is 16.3. The summed E-state index contributed by atoms with van der Waals surface area (Å²) in [5.74, 6) is -0.192. The molecule has 0 saturated heterocycles. The summed E-state index contributed by atoms with van der Waals surface area (Å²) >= 11 is 7.52. The van der Waals surface area contributed by atoms with Gasteiger partial charge >= 0.3 is 5.97 Å². The van der Waals surface area contributed by atoms with E-state index in [0.717, 1.165) is 11.1 Å². The van der Waals surface area contributed by atoms with E-state index in [1.165, 1.54) is 23.9 Å². The number of halogens is 1. The standard InChI is InChI=1S/C19H14ClN3O3S/c20-13-5-1-11(2-6-13)17-15-9-21-23(18(15)22-16(24)10-27-17)14-7-3-12(4-8-14)19(25)26/h1-9,17H,10H2,(H,22,24)(H,25,26)/t17-/m0/s1. The average molecular weight is 400 g/mol. The Morgan fingerprint density at radius 1 is 1.19 bits per heavy atom. The molecule has 1 aromatic heterocycles. The van der Waals surface area contributed by atoms with E-state index in [2.05, 4.69) is 10.4 Å². The molecule has 27 heavy (non-hydrogen) atoms. The minimum Gasteiger partial charge on any atom is -0.478 e. The highest BCUT2D eigenvalue weighted by atomic mass is 35.5. The van der Waals surface area contributed by atoms with Crippen molar-refractivity contribution in [2.24, 2.45) is 0 Å². The predicted octanol–water partition coefficient (Wildman–Crippen LogP) is 4.00. The Hall–Kier alpha value is -2.77. The van der Waals surface area contributed by atoms with Gasteiger partial charge in [0.25, 0.3) is 0 Å². The molecule has 8 heteroatoms. The SMILES string of the molecule is O=C1CS[C@@H](c2ccc(Cl)cc2)c2cnn(-c3ccc(C(=O)O)cc3)c2N1. The molecule has 1 aliphatic heterocycles. The van der Waals surface area contributed by atoms with Gasteiger partial charge in [-0.3, -0.25) is 4.79 Å². The van der Waals surface area contributed by atoms with E-state index in [1.807, 2.05) is 24.3 Å². The Bertz CT molecular complexity index is 1020. The molecule has 3 aromatic rings. The number of aromatic carboxylic acids is 1. The van der Waals surface area contributed by atoms with Gasteiger partial charge in [-0.25, -0.2) is 9.48 Å². The van der Waals surface area contributed by atoms with E-state index in [0.29, 0.717) is 22.3 Å². The molecule has 1 amide bonds. The average Bonchev–Trinajstić information content (AvgIpc) is 2.99. The number of amides is 1. The number of nitrogens with zero attached hydrogens (tertiary/aromatic N) is 2. The third-order valence-corrected chi connectivity index (χ3v) is 5.79. The van der Waals surface area contributed by atoms with E-state index < -0.39 is 5.97 Å². The van der Waals surface area contributed by atoms with Crippen LogP contribution in [0.25, 0.3) is 5.69 Å². The zero-order valence-corrected chi connectivity index (χ0v) is 15.5. The van der Waals surface area contributed by atoms with Crippen molar-refractivity contribution < 1.29 is 14.7 Å². The van der Waals surface area contributed by atoms with Crippen molar-refractivity contribution in [1.82, 2.24) is 9.78 Å². The molecule has 1 aliphatic rings. The number of benzene rings is 2. The predicted molar refractivity (Wildman–Crippen MR) is 105 cm³/mol. The monoisotopic (exact) mass is 399 g/mol. The van der Waals surface area contributed by atoms with Crippen LogP contribution < -0.4 is 5.32 Å². The van der Waals surface area contributed by atoms with Gasteiger partial charge in [0.15, 0.2) is 0 Å². The summed E-state index contributed by atoms with van der Waals surface area (Å²) in [6, 6.07) is 13.9. The van der Waals surface area contributed by atoms with Crippen molar-refractivity contribution >= 4 is 41.1 Å². The van der Waals surface area contributed by atoms with Crippen molar-refractivity contribution in [3.05, 3.63) is 76.4 Å². The molecule has 2 aromatic carbocycles. The summed E-state index contributed by atoms with van der Waals surface area (Å²) in [5.41, 5.74) is 2.78. The fraction of sp³-hybridized carbons (Fsp3) is 0.105. The Morgan fingerprint density at radius 2 is 1.89 bits per heavy atom. The smallest absolute Gasteiger partial charge is 0.335 e. The molecule has 136 valence electrons. The number of fused-ring (bicyclic) bond motifs is 1. The largest absolute Gasteiger partial charge is 0.478 e. The second-order valence-corrected chi connectivity index (χ2v) is 7.53. The summed E-state index contributed by atoms with van der Waals surface area (Å²) in [4.78, 5) is 23.3. The van der Waals surface area contributed by atoms with Crippen LogP contribution in [-0.2, 0) is 4.79 Å². The first kappa shape index (κ1) is 17.6. The molecule has 0 radical (unpaired) electrons. The molecule has 0 aliphatic carbocycles. The van der Waals surface area contributed by atoms with Gasteiger partial charge < -0.3 is 10.4 Å². The number of carboxylic acids is 1. The van der Waals surface area contributed by atoms with Crippen molar-refractivity contribution in [2.75, 3.05) is 11.1 Å². The summed E-state index contributed by atoms with van der Waals surface area (Å²) in [5, 5.41) is 17.0. The number of anilines is 1. The molecule has 0 unspecified atom stereocenters. The van der Waals surface area contributed by atoms with Gasteiger partial charge in [-0.1, -0.05) is 23.7 Å². The maximum Gasteiger partial charge on any atom is 0.335 e. The molecule has 2 heterocycles. The molecule has 2 N–H and O–H groups in total. The van der Waals surface area contributed by atoms with Gasteiger partial charge in [-0.05, 0) is 42.0 Å². The highest BCUT2D eigenvalue weighted by molar-refractivity contribution is 8.00. The number of hydrogen-bond acceptors (Lipinski definition) is 4.